The average Bonchev–Trinajstić information content (AvgIpc) is 2.71. The summed E-state index contributed by atoms with van der Waals surface area (Å²) in [5, 5.41) is 0. The first-order chi connectivity index (χ1) is 7.34. The molecular weight excluding hydrogens is 186 g/mol. The molecule has 2 rings (SSSR count). The van der Waals surface area contributed by atoms with Crippen molar-refractivity contribution < 1.29 is 0 Å². The van der Waals surface area contributed by atoms with Gasteiger partial charge in [0.1, 0.15) is 0 Å². The van der Waals surface area contributed by atoms with Crippen LogP contribution in [0.4, 0.5) is 0 Å². The van der Waals surface area contributed by atoms with Crippen LogP contribution in [-0.2, 0) is 12.8 Å². The van der Waals surface area contributed by atoms with E-state index in [2.05, 4.69) is 22.1 Å². The molecule has 1 aromatic carbocycles. The quantitative estimate of drug-likeness (QED) is 0.788. The van der Waals surface area contributed by atoms with E-state index >= 15 is 0 Å². The summed E-state index contributed by atoms with van der Waals surface area (Å²) in [5.74, 6) is 0. The molecule has 78 valence electrons. The molecule has 0 aliphatic rings. The first-order valence-corrected chi connectivity index (χ1v) is 5.11. The van der Waals surface area contributed by atoms with Gasteiger partial charge in [-0.15, -0.1) is 0 Å². The third kappa shape index (κ3) is 2.92. The van der Waals surface area contributed by atoms with Crippen molar-refractivity contribution in [1.82, 2.24) is 9.97 Å². The minimum Gasteiger partial charge on any atom is -0.348 e. The van der Waals surface area contributed by atoms with Gasteiger partial charge >= 0.3 is 0 Å². The number of benzene rings is 1. The van der Waals surface area contributed by atoms with Crippen molar-refractivity contribution >= 4 is 0 Å². The zero-order valence-corrected chi connectivity index (χ0v) is 8.56. The highest BCUT2D eigenvalue weighted by Gasteiger charge is 2.05. The molecule has 0 saturated heterocycles. The first kappa shape index (κ1) is 9.93. The lowest BCUT2D eigenvalue weighted by Gasteiger charge is -2.09. The van der Waals surface area contributed by atoms with Crippen LogP contribution in [0.1, 0.15) is 11.3 Å². The molecule has 0 aliphatic carbocycles. The Morgan fingerprint density at radius 3 is 2.67 bits per heavy atom. The standard InChI is InChI=1S/C12H15N3/c13-11(7-12-8-14-9-15-12)6-10-4-2-1-3-5-10/h1-5,8-9,11H,6-7,13H2,(H,14,15)/t11-/m1/s1. The molecule has 0 aliphatic heterocycles. The van der Waals surface area contributed by atoms with E-state index in [0.717, 1.165) is 18.5 Å². The van der Waals surface area contributed by atoms with Crippen LogP contribution in [0.15, 0.2) is 42.9 Å². The van der Waals surface area contributed by atoms with Crippen LogP contribution < -0.4 is 5.73 Å². The predicted octanol–water partition coefficient (Wildman–Crippen LogP) is 1.52. The van der Waals surface area contributed by atoms with Crippen molar-refractivity contribution in [2.45, 2.75) is 18.9 Å². The van der Waals surface area contributed by atoms with E-state index in [4.69, 9.17) is 5.73 Å². The monoisotopic (exact) mass is 201 g/mol. The number of nitrogens with zero attached hydrogens (tertiary/aromatic N) is 1. The number of aromatic amines is 1. The summed E-state index contributed by atoms with van der Waals surface area (Å²) in [7, 11) is 0. The van der Waals surface area contributed by atoms with E-state index in [1.54, 1.807) is 6.33 Å². The van der Waals surface area contributed by atoms with Crippen LogP contribution in [0, 0.1) is 0 Å². The topological polar surface area (TPSA) is 54.7 Å². The van der Waals surface area contributed by atoms with Crippen molar-refractivity contribution in [2.24, 2.45) is 5.73 Å². The van der Waals surface area contributed by atoms with Crippen molar-refractivity contribution in [1.29, 1.82) is 0 Å². The molecule has 3 nitrogen and oxygen atoms in total. The second-order valence-electron chi connectivity index (χ2n) is 3.73. The lowest BCUT2D eigenvalue weighted by molar-refractivity contribution is 0.656. The van der Waals surface area contributed by atoms with Crippen LogP contribution in [0.2, 0.25) is 0 Å². The van der Waals surface area contributed by atoms with Crippen LogP contribution in [0.25, 0.3) is 0 Å². The number of imidazole rings is 1. The van der Waals surface area contributed by atoms with E-state index in [0.29, 0.717) is 0 Å². The highest BCUT2D eigenvalue weighted by molar-refractivity contribution is 5.16. The molecule has 0 spiro atoms. The van der Waals surface area contributed by atoms with Gasteiger partial charge in [0.2, 0.25) is 0 Å². The van der Waals surface area contributed by atoms with E-state index in [9.17, 15) is 0 Å². The summed E-state index contributed by atoms with van der Waals surface area (Å²) < 4.78 is 0. The molecule has 0 bridgehead atoms. The van der Waals surface area contributed by atoms with Crippen LogP contribution in [0.5, 0.6) is 0 Å². The molecule has 0 fully saturated rings. The molecule has 2 aromatic rings. The zero-order chi connectivity index (χ0) is 10.5. The van der Waals surface area contributed by atoms with Gasteiger partial charge in [-0.1, -0.05) is 30.3 Å². The molecule has 0 unspecified atom stereocenters. The summed E-state index contributed by atoms with van der Waals surface area (Å²) >= 11 is 0. The van der Waals surface area contributed by atoms with Gasteiger partial charge in [-0.3, -0.25) is 0 Å². The molecule has 1 heterocycles. The van der Waals surface area contributed by atoms with Gasteiger partial charge in [0.15, 0.2) is 0 Å². The number of nitrogens with two attached hydrogens (primary N) is 1. The average molecular weight is 201 g/mol. The molecule has 0 amide bonds. The lowest BCUT2D eigenvalue weighted by Crippen LogP contribution is -2.25. The van der Waals surface area contributed by atoms with Gasteiger partial charge < -0.3 is 10.7 Å². The molecule has 3 N–H and O–H groups in total. The number of hydrogen-bond acceptors (Lipinski definition) is 2. The maximum atomic E-state index is 6.05. The van der Waals surface area contributed by atoms with E-state index in [1.807, 2.05) is 24.4 Å². The Kier molecular flexibility index (Phi) is 3.15. The second kappa shape index (κ2) is 4.75. The van der Waals surface area contributed by atoms with Crippen molar-refractivity contribution in [3.63, 3.8) is 0 Å². The molecule has 1 aromatic heterocycles. The highest BCUT2D eigenvalue weighted by Crippen LogP contribution is 2.05. The third-order valence-electron chi connectivity index (χ3n) is 2.38. The van der Waals surface area contributed by atoms with Crippen LogP contribution in [-0.4, -0.2) is 16.0 Å². The first-order valence-electron chi connectivity index (χ1n) is 5.11. The zero-order valence-electron chi connectivity index (χ0n) is 8.56. The van der Waals surface area contributed by atoms with Crippen LogP contribution >= 0.6 is 0 Å². The highest BCUT2D eigenvalue weighted by atomic mass is 14.9. The van der Waals surface area contributed by atoms with E-state index < -0.39 is 0 Å². The largest absolute Gasteiger partial charge is 0.348 e. The minimum atomic E-state index is 0.146. The van der Waals surface area contributed by atoms with E-state index in [-0.39, 0.29) is 6.04 Å². The fourth-order valence-electron chi connectivity index (χ4n) is 1.67. The molecular formula is C12H15N3. The molecule has 0 saturated carbocycles. The fourth-order valence-corrected chi connectivity index (χ4v) is 1.67. The molecule has 15 heavy (non-hydrogen) atoms. The second-order valence-corrected chi connectivity index (χ2v) is 3.73. The SMILES string of the molecule is N[C@H](Cc1ccccc1)Cc1cnc[nH]1. The Bertz CT molecular complexity index is 381. The predicted molar refractivity (Wildman–Crippen MR) is 60.4 cm³/mol. The number of H-pyrrole nitrogens is 1. The summed E-state index contributed by atoms with van der Waals surface area (Å²) in [6.07, 6.45) is 5.25. The Labute approximate surface area is 89.4 Å². The maximum absolute atomic E-state index is 6.05. The lowest BCUT2D eigenvalue weighted by atomic mass is 10.0. The summed E-state index contributed by atoms with van der Waals surface area (Å²) in [6, 6.07) is 10.5. The molecule has 1 atom stereocenters. The Hall–Kier alpha value is -1.61. The van der Waals surface area contributed by atoms with Gasteiger partial charge in [-0.25, -0.2) is 4.98 Å². The Balaban J connectivity index is 1.90. The number of hydrogen-bond donors (Lipinski definition) is 2. The summed E-state index contributed by atoms with van der Waals surface area (Å²) in [6.45, 7) is 0. The van der Waals surface area contributed by atoms with Gasteiger partial charge in [0, 0.05) is 24.4 Å². The smallest absolute Gasteiger partial charge is 0.0921 e. The van der Waals surface area contributed by atoms with Crippen molar-refractivity contribution in [3.8, 4) is 0 Å². The minimum absolute atomic E-state index is 0.146. The van der Waals surface area contributed by atoms with E-state index in [1.165, 1.54) is 5.56 Å². The molecule has 0 radical (unpaired) electrons. The van der Waals surface area contributed by atoms with Gasteiger partial charge in [0.25, 0.3) is 0 Å². The summed E-state index contributed by atoms with van der Waals surface area (Å²) in [5.41, 5.74) is 8.43. The van der Waals surface area contributed by atoms with Crippen molar-refractivity contribution in [3.05, 3.63) is 54.1 Å². The maximum Gasteiger partial charge on any atom is 0.0921 e. The fraction of sp³-hybridized carbons (Fsp3) is 0.250. The number of rotatable bonds is 4. The van der Waals surface area contributed by atoms with Gasteiger partial charge in [-0.2, -0.15) is 0 Å². The summed E-state index contributed by atoms with van der Waals surface area (Å²) in [4.78, 5) is 7.03. The Morgan fingerprint density at radius 1 is 1.20 bits per heavy atom. The molecule has 3 heteroatoms. The van der Waals surface area contributed by atoms with Crippen molar-refractivity contribution in [2.75, 3.05) is 0 Å². The van der Waals surface area contributed by atoms with Gasteiger partial charge in [0.05, 0.1) is 6.33 Å². The Morgan fingerprint density at radius 2 is 2.00 bits per heavy atom. The number of nitrogens with one attached hydrogen (secondary N) is 1. The normalized spacial score (nSPS) is 12.6. The third-order valence-corrected chi connectivity index (χ3v) is 2.38. The number of aromatic nitrogens is 2. The van der Waals surface area contributed by atoms with Gasteiger partial charge in [-0.05, 0) is 12.0 Å². The van der Waals surface area contributed by atoms with Crippen LogP contribution in [0.3, 0.4) is 0 Å².